The van der Waals surface area contributed by atoms with Crippen LogP contribution in [0.2, 0.25) is 0 Å². The molecule has 0 unspecified atom stereocenters. The van der Waals surface area contributed by atoms with Gasteiger partial charge in [0, 0.05) is 11.4 Å². The highest BCUT2D eigenvalue weighted by Gasteiger charge is 2.21. The fourth-order valence-corrected chi connectivity index (χ4v) is 3.35. The van der Waals surface area contributed by atoms with E-state index in [1.54, 1.807) is 21.5 Å². The van der Waals surface area contributed by atoms with Gasteiger partial charge in [0.15, 0.2) is 0 Å². The Labute approximate surface area is 189 Å². The number of nitrogens with zero attached hydrogens (tertiary/aromatic N) is 2. The van der Waals surface area contributed by atoms with Gasteiger partial charge in [0.25, 0.3) is 5.56 Å². The number of carbonyl (C=O) groups is 1. The van der Waals surface area contributed by atoms with Crippen molar-refractivity contribution in [3.63, 3.8) is 0 Å². The second-order valence-electron chi connectivity index (χ2n) is 7.30. The zero-order chi connectivity index (χ0) is 23.7. The van der Waals surface area contributed by atoms with Crippen LogP contribution >= 0.6 is 0 Å². The van der Waals surface area contributed by atoms with Crippen molar-refractivity contribution < 1.29 is 4.79 Å². The Bertz CT molecular complexity index is 1160. The fraction of sp³-hybridized carbons (Fsp3) is 0.231. The first-order valence-electron chi connectivity index (χ1n) is 10.6. The zero-order valence-corrected chi connectivity index (χ0v) is 19.5. The van der Waals surface area contributed by atoms with E-state index in [4.69, 9.17) is 0 Å². The van der Waals surface area contributed by atoms with Crippen molar-refractivity contribution in [2.24, 2.45) is 0 Å². The largest absolute Gasteiger partial charge is 0.323 e. The summed E-state index contributed by atoms with van der Waals surface area (Å²) in [4.78, 5) is 26.1. The summed E-state index contributed by atoms with van der Waals surface area (Å²) in [6, 6.07) is 7.01. The maximum absolute atomic E-state index is 13.4. The molecular formula is C26H32N4O2. The van der Waals surface area contributed by atoms with Gasteiger partial charge in [0.05, 0.1) is 11.4 Å². The lowest BCUT2D eigenvalue weighted by Crippen LogP contribution is -2.26. The Hall–Kier alpha value is -3.80. The minimum atomic E-state index is -0.472. The zero-order valence-electron chi connectivity index (χ0n) is 19.5. The average molecular weight is 433 g/mol. The molecule has 0 aliphatic carbocycles. The van der Waals surface area contributed by atoms with E-state index in [0.29, 0.717) is 11.4 Å². The van der Waals surface area contributed by atoms with Crippen molar-refractivity contribution in [2.75, 3.05) is 10.6 Å². The number of rotatable bonds is 8. The van der Waals surface area contributed by atoms with Crippen LogP contribution in [0.5, 0.6) is 0 Å². The van der Waals surface area contributed by atoms with Crippen molar-refractivity contribution in [3.05, 3.63) is 95.0 Å². The van der Waals surface area contributed by atoms with Gasteiger partial charge in [-0.1, -0.05) is 56.0 Å². The molecule has 6 heteroatoms. The molecule has 6 nitrogen and oxygen atoms in total. The Morgan fingerprint density at radius 1 is 1.16 bits per heavy atom. The van der Waals surface area contributed by atoms with Gasteiger partial charge in [-0.2, -0.15) is 0 Å². The number of carbonyl (C=O) groups excluding carboxylic acids is 1. The van der Waals surface area contributed by atoms with E-state index >= 15 is 0 Å². The van der Waals surface area contributed by atoms with E-state index < -0.39 is 6.03 Å². The maximum atomic E-state index is 13.4. The van der Waals surface area contributed by atoms with Crippen LogP contribution in [-0.2, 0) is 0 Å². The highest BCUT2D eigenvalue weighted by Crippen LogP contribution is 2.21. The molecule has 2 aromatic rings. The molecule has 1 aromatic heterocycles. The summed E-state index contributed by atoms with van der Waals surface area (Å²) >= 11 is 0. The number of aryl methyl sites for hydroxylation is 1. The van der Waals surface area contributed by atoms with E-state index in [9.17, 15) is 9.59 Å². The molecule has 2 N–H and O–H groups in total. The van der Waals surface area contributed by atoms with Crippen LogP contribution in [0.4, 0.5) is 16.2 Å². The van der Waals surface area contributed by atoms with Crippen molar-refractivity contribution in [1.29, 1.82) is 0 Å². The third-order valence-corrected chi connectivity index (χ3v) is 4.71. The number of nitrogens with one attached hydrogen (secondary N) is 2. The quantitative estimate of drug-likeness (QED) is 0.478. The van der Waals surface area contributed by atoms with Crippen LogP contribution in [0, 0.1) is 13.8 Å². The normalized spacial score (nSPS) is 12.5. The first-order chi connectivity index (χ1) is 15.3. The molecule has 1 aromatic carbocycles. The fourth-order valence-electron chi connectivity index (χ4n) is 3.35. The number of hydrogen-bond acceptors (Lipinski definition) is 2. The number of benzene rings is 1. The molecule has 32 heavy (non-hydrogen) atoms. The highest BCUT2D eigenvalue weighted by atomic mass is 16.2. The van der Waals surface area contributed by atoms with Crippen molar-refractivity contribution in [3.8, 4) is 0 Å². The molecule has 1 heterocycles. The molecule has 0 spiro atoms. The van der Waals surface area contributed by atoms with Gasteiger partial charge in [-0.05, 0) is 64.0 Å². The van der Waals surface area contributed by atoms with Gasteiger partial charge in [-0.15, -0.1) is 0 Å². The Morgan fingerprint density at radius 3 is 2.53 bits per heavy atom. The lowest BCUT2D eigenvalue weighted by Gasteiger charge is -2.14. The first kappa shape index (κ1) is 24.5. The third kappa shape index (κ3) is 5.88. The minimum Gasteiger partial charge on any atom is -0.308 e. The molecule has 168 valence electrons. The highest BCUT2D eigenvalue weighted by molar-refractivity contribution is 6.00. The molecule has 0 radical (unpaired) electrons. The summed E-state index contributed by atoms with van der Waals surface area (Å²) in [5.41, 5.74) is 3.78. The molecule has 0 bridgehead atoms. The minimum absolute atomic E-state index is 0.224. The topological polar surface area (TPSA) is 68.1 Å². The monoisotopic (exact) mass is 432 g/mol. The van der Waals surface area contributed by atoms with Gasteiger partial charge in [-0.25, -0.2) is 9.48 Å². The van der Waals surface area contributed by atoms with Gasteiger partial charge in [0.1, 0.15) is 5.69 Å². The van der Waals surface area contributed by atoms with Crippen LogP contribution in [0.3, 0.4) is 0 Å². The second kappa shape index (κ2) is 11.6. The van der Waals surface area contributed by atoms with Crippen LogP contribution in [0.1, 0.15) is 38.4 Å². The lowest BCUT2D eigenvalue weighted by atomic mass is 10.2. The van der Waals surface area contributed by atoms with Crippen LogP contribution in [0.15, 0.2) is 78.2 Å². The summed E-state index contributed by atoms with van der Waals surface area (Å²) in [5.74, 6) is 0. The van der Waals surface area contributed by atoms with Crippen molar-refractivity contribution >= 4 is 28.8 Å². The third-order valence-electron chi connectivity index (χ3n) is 4.71. The number of amides is 2. The standard InChI is InChI=1S/C26H32N4O2/c1-7-10-11-16-20(5)29-21(6)24(25(31)30(29)23(13-8-2)14-9-3)28-26(32)27-22-17-12-15-19(4)18-22/h7-8,10-18H,1,9H2,2-6H3,(H2,27,28,32)/b11-10-,13-8-,20-16+,23-14+. The van der Waals surface area contributed by atoms with E-state index in [2.05, 4.69) is 17.2 Å². The predicted octanol–water partition coefficient (Wildman–Crippen LogP) is 6.34. The summed E-state index contributed by atoms with van der Waals surface area (Å²) in [5, 5.41) is 5.54. The summed E-state index contributed by atoms with van der Waals surface area (Å²) < 4.78 is 3.38. The van der Waals surface area contributed by atoms with Crippen molar-refractivity contribution in [1.82, 2.24) is 9.36 Å². The average Bonchev–Trinajstić information content (AvgIpc) is 2.98. The number of aromatic nitrogens is 2. The van der Waals surface area contributed by atoms with E-state index in [1.807, 2.05) is 89.3 Å². The molecule has 2 rings (SSSR count). The van der Waals surface area contributed by atoms with E-state index in [-0.39, 0.29) is 11.2 Å². The Kier molecular flexibility index (Phi) is 8.83. The van der Waals surface area contributed by atoms with Crippen LogP contribution in [-0.4, -0.2) is 15.4 Å². The summed E-state index contributed by atoms with van der Waals surface area (Å²) in [7, 11) is 0. The molecule has 0 atom stereocenters. The Balaban J connectivity index is 2.57. The molecule has 0 saturated carbocycles. The molecule has 0 saturated heterocycles. The molecule has 2 amide bonds. The molecule has 0 aliphatic rings. The van der Waals surface area contributed by atoms with Crippen LogP contribution < -0.4 is 16.2 Å². The number of hydrogen-bond donors (Lipinski definition) is 2. The van der Waals surface area contributed by atoms with Crippen molar-refractivity contribution in [2.45, 2.75) is 41.0 Å². The molecule has 0 fully saturated rings. The number of urea groups is 1. The van der Waals surface area contributed by atoms with E-state index in [1.165, 1.54) is 0 Å². The molecular weight excluding hydrogens is 400 g/mol. The van der Waals surface area contributed by atoms with Crippen LogP contribution in [0.25, 0.3) is 11.4 Å². The second-order valence-corrected chi connectivity index (χ2v) is 7.30. The summed E-state index contributed by atoms with van der Waals surface area (Å²) in [6.07, 6.45) is 13.7. The van der Waals surface area contributed by atoms with Gasteiger partial charge >= 0.3 is 6.03 Å². The summed E-state index contributed by atoms with van der Waals surface area (Å²) in [6.45, 7) is 13.3. The number of anilines is 2. The van der Waals surface area contributed by atoms with Gasteiger partial charge in [-0.3, -0.25) is 9.48 Å². The van der Waals surface area contributed by atoms with E-state index in [0.717, 1.165) is 23.4 Å². The SMILES string of the molecule is C=C/C=C\C=C(/C)n1c(C)c(NC(=O)Nc2cccc(C)c2)c(=O)n1C(/C=C\C)=C/CC. The van der Waals surface area contributed by atoms with Gasteiger partial charge < -0.3 is 10.6 Å². The lowest BCUT2D eigenvalue weighted by molar-refractivity contribution is 0.262. The smallest absolute Gasteiger partial charge is 0.308 e. The first-order valence-corrected chi connectivity index (χ1v) is 10.6. The predicted molar refractivity (Wildman–Crippen MR) is 136 cm³/mol. The molecule has 0 aliphatic heterocycles. The maximum Gasteiger partial charge on any atom is 0.323 e. The van der Waals surface area contributed by atoms with Gasteiger partial charge in [0.2, 0.25) is 0 Å². The Morgan fingerprint density at radius 2 is 1.91 bits per heavy atom. The number of allylic oxidation sites excluding steroid dienone is 9.